The van der Waals surface area contributed by atoms with Crippen LogP contribution in [0.25, 0.3) is 0 Å². The molecule has 0 spiro atoms. The fourth-order valence-corrected chi connectivity index (χ4v) is 5.29. The van der Waals surface area contributed by atoms with Crippen LogP contribution in [-0.4, -0.2) is 49.2 Å². The van der Waals surface area contributed by atoms with E-state index in [4.69, 9.17) is 0 Å². The van der Waals surface area contributed by atoms with Crippen LogP contribution in [0.1, 0.15) is 33.6 Å². The van der Waals surface area contributed by atoms with Crippen LogP contribution in [0.5, 0.6) is 0 Å². The Kier molecular flexibility index (Phi) is 3.98. The minimum absolute atomic E-state index is 0.548. The first-order valence-corrected chi connectivity index (χ1v) is 9.61. The molecule has 24 heavy (non-hydrogen) atoms. The van der Waals surface area contributed by atoms with Crippen molar-refractivity contribution < 1.29 is 0 Å². The zero-order valence-electron chi connectivity index (χ0n) is 15.6. The van der Waals surface area contributed by atoms with Gasteiger partial charge in [0.05, 0.1) is 0 Å². The van der Waals surface area contributed by atoms with Crippen molar-refractivity contribution in [3.8, 4) is 0 Å². The van der Waals surface area contributed by atoms with Gasteiger partial charge in [-0.05, 0) is 49.1 Å². The Morgan fingerprint density at radius 2 is 1.92 bits per heavy atom. The van der Waals surface area contributed by atoms with Crippen LogP contribution in [0.3, 0.4) is 0 Å². The van der Waals surface area contributed by atoms with Gasteiger partial charge in [-0.2, -0.15) is 0 Å². The number of hydrogen-bond donors (Lipinski definition) is 1. The van der Waals surface area contributed by atoms with E-state index >= 15 is 0 Å². The summed E-state index contributed by atoms with van der Waals surface area (Å²) in [5.41, 5.74) is 1.86. The van der Waals surface area contributed by atoms with E-state index < -0.39 is 0 Å². The van der Waals surface area contributed by atoms with Gasteiger partial charge in [0.1, 0.15) is 5.82 Å². The molecule has 2 heterocycles. The lowest BCUT2D eigenvalue weighted by molar-refractivity contribution is -0.105. The minimum atomic E-state index is 0.548. The second-order valence-electron chi connectivity index (χ2n) is 8.90. The zero-order valence-corrected chi connectivity index (χ0v) is 15.6. The molecule has 1 aliphatic heterocycles. The number of rotatable bonds is 3. The predicted molar refractivity (Wildman–Crippen MR) is 101 cm³/mol. The van der Waals surface area contributed by atoms with Gasteiger partial charge >= 0.3 is 0 Å². The first-order valence-electron chi connectivity index (χ1n) is 9.61. The Morgan fingerprint density at radius 1 is 1.17 bits per heavy atom. The molecular weight excluding hydrogens is 296 g/mol. The highest BCUT2D eigenvalue weighted by atomic mass is 15.2. The summed E-state index contributed by atoms with van der Waals surface area (Å²) in [7, 11) is 2.20. The molecule has 3 aliphatic carbocycles. The van der Waals surface area contributed by atoms with Gasteiger partial charge in [0.25, 0.3) is 0 Å². The molecule has 5 rings (SSSR count). The standard InChI is InChI=1S/C20H32N4/c1-14-17-11-15(20(17,2)3)12-18(14)22-19-13-16(5-6-21-19)24-9-7-23(4)8-10-24/h5-6,13-15,17-18H,7-12H2,1-4H3,(H,21,22)/t14?,15-,17-,18?/m0/s1. The summed E-state index contributed by atoms with van der Waals surface area (Å²) in [6.45, 7) is 11.9. The lowest BCUT2D eigenvalue weighted by Gasteiger charge is -2.62. The molecule has 4 aliphatic rings. The van der Waals surface area contributed by atoms with Crippen LogP contribution in [0, 0.1) is 23.2 Å². The van der Waals surface area contributed by atoms with E-state index in [0.717, 1.165) is 49.8 Å². The molecular formula is C20H32N4. The number of aromatic nitrogens is 1. The van der Waals surface area contributed by atoms with Crippen molar-refractivity contribution in [1.82, 2.24) is 9.88 Å². The second-order valence-corrected chi connectivity index (χ2v) is 8.90. The van der Waals surface area contributed by atoms with Gasteiger partial charge in [0, 0.05) is 50.2 Å². The molecule has 4 atom stereocenters. The van der Waals surface area contributed by atoms with Crippen molar-refractivity contribution in [3.63, 3.8) is 0 Å². The maximum Gasteiger partial charge on any atom is 0.128 e. The Balaban J connectivity index is 1.43. The van der Waals surface area contributed by atoms with Crippen LogP contribution >= 0.6 is 0 Å². The summed E-state index contributed by atoms with van der Waals surface area (Å²) in [6.07, 6.45) is 4.69. The summed E-state index contributed by atoms with van der Waals surface area (Å²) in [5, 5.41) is 3.77. The molecule has 0 radical (unpaired) electrons. The average Bonchev–Trinajstić information content (AvgIpc) is 2.57. The van der Waals surface area contributed by atoms with Gasteiger partial charge < -0.3 is 15.1 Å². The van der Waals surface area contributed by atoms with Crippen LogP contribution in [0.4, 0.5) is 11.5 Å². The van der Waals surface area contributed by atoms with Crippen molar-refractivity contribution in [2.45, 2.75) is 39.7 Å². The third-order valence-electron chi connectivity index (χ3n) is 7.30. The zero-order chi connectivity index (χ0) is 16.9. The minimum Gasteiger partial charge on any atom is -0.369 e. The number of pyridine rings is 1. The number of nitrogens with one attached hydrogen (secondary N) is 1. The number of nitrogens with zero attached hydrogens (tertiary/aromatic N) is 3. The molecule has 1 aromatic heterocycles. The van der Waals surface area contributed by atoms with E-state index in [1.54, 1.807) is 0 Å². The molecule has 4 nitrogen and oxygen atoms in total. The number of likely N-dealkylation sites (N-methyl/N-ethyl adjacent to an activating group) is 1. The van der Waals surface area contributed by atoms with E-state index in [-0.39, 0.29) is 0 Å². The van der Waals surface area contributed by atoms with Crippen LogP contribution in [0.15, 0.2) is 18.3 Å². The van der Waals surface area contributed by atoms with Gasteiger partial charge in [-0.25, -0.2) is 4.98 Å². The monoisotopic (exact) mass is 328 g/mol. The molecule has 132 valence electrons. The normalized spacial score (nSPS) is 35.4. The molecule has 2 bridgehead atoms. The maximum atomic E-state index is 4.61. The van der Waals surface area contributed by atoms with E-state index in [0.29, 0.717) is 11.5 Å². The molecule has 3 saturated carbocycles. The van der Waals surface area contributed by atoms with Gasteiger partial charge in [-0.1, -0.05) is 20.8 Å². The number of hydrogen-bond acceptors (Lipinski definition) is 4. The van der Waals surface area contributed by atoms with Gasteiger partial charge in [0.15, 0.2) is 0 Å². The Bertz CT molecular complexity index is 591. The number of anilines is 2. The largest absolute Gasteiger partial charge is 0.369 e. The summed E-state index contributed by atoms with van der Waals surface area (Å²) < 4.78 is 0. The number of piperazine rings is 1. The van der Waals surface area contributed by atoms with Crippen molar-refractivity contribution >= 4 is 11.5 Å². The Morgan fingerprint density at radius 3 is 2.58 bits per heavy atom. The SMILES string of the molecule is CC1C(Nc2cc(N3CCN(C)CC3)ccn2)C[C@@H]2C[C@@H]1C2(C)C. The molecule has 0 aromatic carbocycles. The lowest BCUT2D eigenvalue weighted by Crippen LogP contribution is -2.58. The van der Waals surface area contributed by atoms with Crippen molar-refractivity contribution in [2.24, 2.45) is 23.2 Å². The summed E-state index contributed by atoms with van der Waals surface area (Å²) in [6, 6.07) is 4.99. The molecule has 0 amide bonds. The van der Waals surface area contributed by atoms with Crippen molar-refractivity contribution in [2.75, 3.05) is 43.4 Å². The van der Waals surface area contributed by atoms with E-state index in [2.05, 4.69) is 60.1 Å². The molecule has 1 N–H and O–H groups in total. The van der Waals surface area contributed by atoms with E-state index in [1.807, 2.05) is 6.20 Å². The first-order chi connectivity index (χ1) is 11.4. The number of fused-ring (bicyclic) bond motifs is 2. The fraction of sp³-hybridized carbons (Fsp3) is 0.750. The topological polar surface area (TPSA) is 31.4 Å². The smallest absolute Gasteiger partial charge is 0.128 e. The molecule has 1 saturated heterocycles. The summed E-state index contributed by atoms with van der Waals surface area (Å²) in [4.78, 5) is 9.49. The second kappa shape index (κ2) is 5.91. The predicted octanol–water partition coefficient (Wildman–Crippen LogP) is 3.32. The quantitative estimate of drug-likeness (QED) is 0.922. The van der Waals surface area contributed by atoms with E-state index in [9.17, 15) is 0 Å². The fourth-order valence-electron chi connectivity index (χ4n) is 5.29. The van der Waals surface area contributed by atoms with Gasteiger partial charge in [-0.3, -0.25) is 0 Å². The van der Waals surface area contributed by atoms with Crippen molar-refractivity contribution in [1.29, 1.82) is 0 Å². The Hall–Kier alpha value is -1.29. The average molecular weight is 329 g/mol. The van der Waals surface area contributed by atoms with Gasteiger partial charge in [-0.15, -0.1) is 0 Å². The van der Waals surface area contributed by atoms with Crippen LogP contribution < -0.4 is 10.2 Å². The Labute approximate surface area is 146 Å². The van der Waals surface area contributed by atoms with Gasteiger partial charge in [0.2, 0.25) is 0 Å². The summed E-state index contributed by atoms with van der Waals surface area (Å²) in [5.74, 6) is 3.55. The highest BCUT2D eigenvalue weighted by Crippen LogP contribution is 2.61. The lowest BCUT2D eigenvalue weighted by atomic mass is 9.45. The highest BCUT2D eigenvalue weighted by Gasteiger charge is 2.56. The van der Waals surface area contributed by atoms with Crippen molar-refractivity contribution in [3.05, 3.63) is 18.3 Å². The molecule has 4 heteroatoms. The maximum absolute atomic E-state index is 4.61. The third kappa shape index (κ3) is 2.69. The molecule has 1 aromatic rings. The van der Waals surface area contributed by atoms with Crippen LogP contribution in [-0.2, 0) is 0 Å². The highest BCUT2D eigenvalue weighted by molar-refractivity contribution is 5.54. The summed E-state index contributed by atoms with van der Waals surface area (Å²) >= 11 is 0. The first kappa shape index (κ1) is 16.2. The van der Waals surface area contributed by atoms with E-state index in [1.165, 1.54) is 18.5 Å². The van der Waals surface area contributed by atoms with Crippen LogP contribution in [0.2, 0.25) is 0 Å². The third-order valence-corrected chi connectivity index (χ3v) is 7.30. The molecule has 2 unspecified atom stereocenters. The molecule has 4 fully saturated rings.